The molecule has 1 aromatic carbocycles. The summed E-state index contributed by atoms with van der Waals surface area (Å²) in [6, 6.07) is 7.30. The van der Waals surface area contributed by atoms with Crippen molar-refractivity contribution in [2.75, 3.05) is 13.1 Å². The maximum absolute atomic E-state index is 13.7. The molecule has 0 aliphatic heterocycles. The van der Waals surface area contributed by atoms with Gasteiger partial charge in [-0.05, 0) is 48.1 Å². The predicted octanol–water partition coefficient (Wildman–Crippen LogP) is 4.31. The number of H-pyrrole nitrogens is 1. The van der Waals surface area contributed by atoms with Crippen molar-refractivity contribution in [3.63, 3.8) is 0 Å². The second kappa shape index (κ2) is 10.7. The molecule has 2 heterocycles. The molecule has 0 radical (unpaired) electrons. The van der Waals surface area contributed by atoms with Gasteiger partial charge >= 0.3 is 0 Å². The molecular weight excluding hydrogens is 452 g/mol. The van der Waals surface area contributed by atoms with E-state index < -0.39 is 16.1 Å². The van der Waals surface area contributed by atoms with Gasteiger partial charge in [0.1, 0.15) is 11.6 Å². The molecule has 0 aliphatic carbocycles. The number of nitrogens with zero attached hydrogens (tertiary/aromatic N) is 2. The summed E-state index contributed by atoms with van der Waals surface area (Å²) in [5.74, 6) is 0.485. The largest absolute Gasteiger partial charge is 0.464 e. The standard InChI is InChI=1S/C25H36N4O4S/c1-16(2)14-29(15-17(3)4)25(30)23(13-20-12-22(18(5)6)27-26-20)28-34(31,32)21-7-8-24-19(11-21)9-10-33-24/h7-12,16-18,23,28H,13-15H2,1-6H3,(H,26,27)/t23-/m0/s1. The molecule has 0 fully saturated rings. The second-order valence-electron chi connectivity index (χ2n) is 10.0. The third kappa shape index (κ3) is 6.48. The van der Waals surface area contributed by atoms with E-state index in [1.165, 1.54) is 12.3 Å². The molecule has 0 bridgehead atoms. The maximum atomic E-state index is 13.7. The van der Waals surface area contributed by atoms with Crippen LogP contribution in [0.4, 0.5) is 0 Å². The third-order valence-electron chi connectivity index (χ3n) is 5.48. The number of furan rings is 1. The molecule has 9 heteroatoms. The van der Waals surface area contributed by atoms with Gasteiger partial charge in [-0.15, -0.1) is 0 Å². The minimum absolute atomic E-state index is 0.0888. The normalized spacial score (nSPS) is 13.3. The highest BCUT2D eigenvalue weighted by Gasteiger charge is 2.31. The average molecular weight is 489 g/mol. The first-order chi connectivity index (χ1) is 16.0. The van der Waals surface area contributed by atoms with Gasteiger partial charge in [0.05, 0.1) is 16.9 Å². The van der Waals surface area contributed by atoms with Gasteiger partial charge in [-0.25, -0.2) is 8.42 Å². The van der Waals surface area contributed by atoms with Crippen LogP contribution in [0.2, 0.25) is 0 Å². The van der Waals surface area contributed by atoms with Crippen LogP contribution in [0.3, 0.4) is 0 Å². The number of carbonyl (C=O) groups excluding carboxylic acids is 1. The quantitative estimate of drug-likeness (QED) is 0.418. The van der Waals surface area contributed by atoms with Crippen LogP contribution in [0.25, 0.3) is 11.0 Å². The lowest BCUT2D eigenvalue weighted by Crippen LogP contribution is -2.51. The molecule has 3 rings (SSSR count). The Kier molecular flexibility index (Phi) is 8.20. The van der Waals surface area contributed by atoms with E-state index in [0.717, 1.165) is 5.69 Å². The average Bonchev–Trinajstić information content (AvgIpc) is 3.40. The Bertz CT molecular complexity index is 1200. The predicted molar refractivity (Wildman–Crippen MR) is 133 cm³/mol. The van der Waals surface area contributed by atoms with Crippen molar-refractivity contribution in [2.24, 2.45) is 11.8 Å². The molecule has 1 atom stereocenters. The summed E-state index contributed by atoms with van der Waals surface area (Å²) in [6.45, 7) is 13.3. The fraction of sp³-hybridized carbons (Fsp3) is 0.520. The Morgan fingerprint density at radius 2 is 1.74 bits per heavy atom. The highest BCUT2D eigenvalue weighted by Crippen LogP contribution is 2.21. The van der Waals surface area contributed by atoms with Gasteiger partial charge in [0.2, 0.25) is 15.9 Å². The third-order valence-corrected chi connectivity index (χ3v) is 6.95. The van der Waals surface area contributed by atoms with Gasteiger partial charge in [-0.3, -0.25) is 9.89 Å². The Labute approximate surface area is 202 Å². The van der Waals surface area contributed by atoms with Crippen molar-refractivity contribution in [1.82, 2.24) is 19.8 Å². The van der Waals surface area contributed by atoms with E-state index in [-0.39, 0.29) is 35.0 Å². The number of hydrogen-bond acceptors (Lipinski definition) is 5. The summed E-state index contributed by atoms with van der Waals surface area (Å²) in [7, 11) is -3.97. The smallest absolute Gasteiger partial charge is 0.241 e. The van der Waals surface area contributed by atoms with E-state index in [0.29, 0.717) is 29.8 Å². The zero-order valence-electron chi connectivity index (χ0n) is 20.8. The van der Waals surface area contributed by atoms with Gasteiger partial charge in [0, 0.05) is 30.6 Å². The Hall–Kier alpha value is -2.65. The van der Waals surface area contributed by atoms with Crippen LogP contribution in [-0.2, 0) is 21.2 Å². The number of sulfonamides is 1. The fourth-order valence-corrected chi connectivity index (χ4v) is 5.13. The first-order valence-electron chi connectivity index (χ1n) is 11.8. The van der Waals surface area contributed by atoms with Crippen LogP contribution in [-0.4, -0.2) is 48.6 Å². The highest BCUT2D eigenvalue weighted by atomic mass is 32.2. The molecule has 0 unspecified atom stereocenters. The molecule has 1 amide bonds. The molecule has 2 aromatic heterocycles. The van der Waals surface area contributed by atoms with Crippen LogP contribution in [0, 0.1) is 11.8 Å². The molecule has 186 valence electrons. The van der Waals surface area contributed by atoms with Crippen molar-refractivity contribution in [1.29, 1.82) is 0 Å². The summed E-state index contributed by atoms with van der Waals surface area (Å²) in [6.07, 6.45) is 1.69. The van der Waals surface area contributed by atoms with Gasteiger partial charge in [-0.2, -0.15) is 9.82 Å². The van der Waals surface area contributed by atoms with Crippen LogP contribution in [0.1, 0.15) is 58.8 Å². The highest BCUT2D eigenvalue weighted by molar-refractivity contribution is 7.89. The lowest BCUT2D eigenvalue weighted by Gasteiger charge is -2.30. The molecule has 0 saturated heterocycles. The molecular formula is C25H36N4O4S. The number of carbonyl (C=O) groups is 1. The van der Waals surface area contributed by atoms with Gasteiger partial charge in [0.25, 0.3) is 0 Å². The number of rotatable bonds is 11. The minimum atomic E-state index is -3.97. The van der Waals surface area contributed by atoms with Crippen molar-refractivity contribution in [3.05, 3.63) is 48.0 Å². The van der Waals surface area contributed by atoms with E-state index in [9.17, 15) is 13.2 Å². The van der Waals surface area contributed by atoms with E-state index in [2.05, 4.69) is 14.9 Å². The molecule has 0 saturated carbocycles. The van der Waals surface area contributed by atoms with E-state index in [1.807, 2.05) is 47.6 Å². The number of amides is 1. The van der Waals surface area contributed by atoms with Crippen LogP contribution < -0.4 is 4.72 Å². The lowest BCUT2D eigenvalue weighted by molar-refractivity contribution is -0.134. The maximum Gasteiger partial charge on any atom is 0.241 e. The Morgan fingerprint density at radius 3 is 2.32 bits per heavy atom. The number of benzene rings is 1. The van der Waals surface area contributed by atoms with Gasteiger partial charge in [0.15, 0.2) is 0 Å². The summed E-state index contributed by atoms with van der Waals surface area (Å²) >= 11 is 0. The summed E-state index contributed by atoms with van der Waals surface area (Å²) in [4.78, 5) is 15.5. The first kappa shape index (κ1) is 26.0. The lowest BCUT2D eigenvalue weighted by atomic mass is 10.1. The number of hydrogen-bond donors (Lipinski definition) is 2. The number of aromatic nitrogens is 2. The van der Waals surface area contributed by atoms with Crippen molar-refractivity contribution >= 4 is 26.9 Å². The van der Waals surface area contributed by atoms with E-state index in [1.54, 1.807) is 23.1 Å². The van der Waals surface area contributed by atoms with Gasteiger partial charge < -0.3 is 9.32 Å². The Morgan fingerprint density at radius 1 is 1.06 bits per heavy atom. The molecule has 0 aliphatic rings. The number of aromatic amines is 1. The first-order valence-corrected chi connectivity index (χ1v) is 13.3. The fourth-order valence-electron chi connectivity index (χ4n) is 3.90. The van der Waals surface area contributed by atoms with Gasteiger partial charge in [-0.1, -0.05) is 41.5 Å². The molecule has 3 aromatic rings. The van der Waals surface area contributed by atoms with E-state index >= 15 is 0 Å². The second-order valence-corrected chi connectivity index (χ2v) is 11.7. The van der Waals surface area contributed by atoms with Crippen molar-refractivity contribution in [3.8, 4) is 0 Å². The summed E-state index contributed by atoms with van der Waals surface area (Å²) < 4.78 is 34.7. The number of fused-ring (bicyclic) bond motifs is 1. The molecule has 0 spiro atoms. The Balaban J connectivity index is 1.93. The number of nitrogens with one attached hydrogen (secondary N) is 2. The monoisotopic (exact) mass is 488 g/mol. The zero-order valence-corrected chi connectivity index (χ0v) is 21.6. The minimum Gasteiger partial charge on any atom is -0.464 e. The molecule has 8 nitrogen and oxygen atoms in total. The van der Waals surface area contributed by atoms with Crippen molar-refractivity contribution < 1.29 is 17.6 Å². The topological polar surface area (TPSA) is 108 Å². The molecule has 34 heavy (non-hydrogen) atoms. The van der Waals surface area contributed by atoms with Crippen molar-refractivity contribution in [2.45, 2.75) is 64.8 Å². The van der Waals surface area contributed by atoms with Crippen LogP contribution >= 0.6 is 0 Å². The molecule has 2 N–H and O–H groups in total. The van der Waals surface area contributed by atoms with E-state index in [4.69, 9.17) is 4.42 Å². The summed E-state index contributed by atoms with van der Waals surface area (Å²) in [5.41, 5.74) is 2.19. The SMILES string of the molecule is CC(C)CN(CC(C)C)C(=O)[C@H](Cc1cc(C(C)C)n[nH]1)NS(=O)(=O)c1ccc2occc2c1. The summed E-state index contributed by atoms with van der Waals surface area (Å²) in [5, 5.41) is 7.97. The van der Waals surface area contributed by atoms with Crippen LogP contribution in [0.5, 0.6) is 0 Å². The van der Waals surface area contributed by atoms with Crippen LogP contribution in [0.15, 0.2) is 45.9 Å². The zero-order chi connectivity index (χ0) is 25.0.